The Kier molecular flexibility index (Phi) is 7.75. The molecule has 0 aliphatic carbocycles. The summed E-state index contributed by atoms with van der Waals surface area (Å²) in [6.07, 6.45) is 1.35. The summed E-state index contributed by atoms with van der Waals surface area (Å²) < 4.78 is 28.5. The minimum atomic E-state index is -4.85. The van der Waals surface area contributed by atoms with Gasteiger partial charge in [-0.25, -0.2) is 18.0 Å². The van der Waals surface area contributed by atoms with Gasteiger partial charge in [0.15, 0.2) is 0 Å². The van der Waals surface area contributed by atoms with Gasteiger partial charge in [-0.1, -0.05) is 52.1 Å². The van der Waals surface area contributed by atoms with Crippen molar-refractivity contribution in [1.29, 1.82) is 0 Å². The van der Waals surface area contributed by atoms with Crippen molar-refractivity contribution in [3.05, 3.63) is 0 Å². The number of carboxylic acid groups (broad SMARTS) is 2. The summed E-state index contributed by atoms with van der Waals surface area (Å²) >= 11 is 11.0. The quantitative estimate of drug-likeness (QED) is 0.490. The number of aliphatic carboxylic acids is 2. The molecule has 2 fully saturated rings. The number of carboxylic acids is 2. The van der Waals surface area contributed by atoms with Gasteiger partial charge in [0.05, 0.1) is 9.98 Å². The molecule has 31 heavy (non-hydrogen) atoms. The maximum Gasteiger partial charge on any atom is 0.345 e. The van der Waals surface area contributed by atoms with E-state index in [0.717, 1.165) is 0 Å². The average molecular weight is 493 g/mol. The zero-order valence-corrected chi connectivity index (χ0v) is 20.9. The molecule has 0 aromatic carbocycles. The van der Waals surface area contributed by atoms with Crippen LogP contribution in [0.2, 0.25) is 0 Å². The number of sulfone groups is 1. The number of nitrogens with zero attached hydrogens (tertiary/aromatic N) is 2. The molecule has 0 aromatic heterocycles. The van der Waals surface area contributed by atoms with E-state index in [1.165, 1.54) is 9.80 Å². The van der Waals surface area contributed by atoms with Crippen LogP contribution >= 0.6 is 24.4 Å². The lowest BCUT2D eigenvalue weighted by Gasteiger charge is -2.45. The van der Waals surface area contributed by atoms with Gasteiger partial charge in [-0.3, -0.25) is 0 Å². The normalized spacial score (nSPS) is 28.4. The van der Waals surface area contributed by atoms with E-state index in [4.69, 9.17) is 24.4 Å². The summed E-state index contributed by atoms with van der Waals surface area (Å²) in [5.74, 6) is -3.61. The van der Waals surface area contributed by atoms with Crippen LogP contribution in [0, 0.1) is 11.8 Å². The van der Waals surface area contributed by atoms with E-state index in [-0.39, 0.29) is 60.6 Å². The zero-order chi connectivity index (χ0) is 23.8. The van der Waals surface area contributed by atoms with Crippen molar-refractivity contribution in [2.75, 3.05) is 13.1 Å². The van der Waals surface area contributed by atoms with Gasteiger partial charge in [-0.05, 0) is 38.5 Å². The SMILES string of the molecule is CCC(C)C(=S)N1CCC[C@@]1(C(=O)O)S(=O)(=O)[C@]1(C(=O)O)CCCN1C(=S)C(C)CC. The lowest BCUT2D eigenvalue weighted by molar-refractivity contribution is -0.144. The molecule has 8 nitrogen and oxygen atoms in total. The zero-order valence-electron chi connectivity index (χ0n) is 18.5. The van der Waals surface area contributed by atoms with Gasteiger partial charge in [0.2, 0.25) is 19.6 Å². The highest BCUT2D eigenvalue weighted by atomic mass is 32.2. The maximum atomic E-state index is 14.2. The number of hydrogen-bond acceptors (Lipinski definition) is 6. The predicted octanol–water partition coefficient (Wildman–Crippen LogP) is 2.90. The van der Waals surface area contributed by atoms with Gasteiger partial charge in [0.1, 0.15) is 0 Å². The Morgan fingerprint density at radius 2 is 1.19 bits per heavy atom. The van der Waals surface area contributed by atoms with Crippen LogP contribution in [-0.4, -0.2) is 73.2 Å². The smallest absolute Gasteiger partial charge is 0.345 e. The minimum Gasteiger partial charge on any atom is -0.479 e. The van der Waals surface area contributed by atoms with Crippen molar-refractivity contribution in [3.8, 4) is 0 Å². The standard InChI is InChI=1S/C20H32N2O6S3/c1-5-13(3)15(29)21-11-7-9-19(21,17(23)24)31(27,28)20(18(25)26)10-8-12-22(20)16(30)14(4)6-2/h13-14H,5-12H2,1-4H3,(H,23,24)(H,25,26)/t13?,14?,19-,20-/m0/s1. The van der Waals surface area contributed by atoms with Gasteiger partial charge in [-0.15, -0.1) is 0 Å². The van der Waals surface area contributed by atoms with Gasteiger partial charge < -0.3 is 20.0 Å². The number of thiocarbonyl (C=S) groups is 2. The van der Waals surface area contributed by atoms with E-state index in [1.807, 2.05) is 27.7 Å². The molecule has 2 aliphatic heterocycles. The Balaban J connectivity index is 2.76. The molecule has 0 bridgehead atoms. The van der Waals surface area contributed by atoms with E-state index >= 15 is 0 Å². The van der Waals surface area contributed by atoms with Gasteiger partial charge in [-0.2, -0.15) is 0 Å². The first kappa shape index (κ1) is 25.9. The molecule has 0 radical (unpaired) electrons. The molecule has 2 N–H and O–H groups in total. The van der Waals surface area contributed by atoms with Crippen LogP contribution in [0.4, 0.5) is 0 Å². The van der Waals surface area contributed by atoms with Gasteiger partial charge in [0, 0.05) is 24.9 Å². The van der Waals surface area contributed by atoms with Crippen molar-refractivity contribution in [2.24, 2.45) is 11.8 Å². The number of rotatable bonds is 8. The maximum absolute atomic E-state index is 14.2. The minimum absolute atomic E-state index is 0.153. The molecule has 4 atom stereocenters. The average Bonchev–Trinajstić information content (AvgIpc) is 3.37. The second-order valence-corrected chi connectivity index (χ2v) is 11.7. The second-order valence-electron chi connectivity index (χ2n) is 8.49. The van der Waals surface area contributed by atoms with E-state index in [1.54, 1.807) is 0 Å². The number of hydrogen-bond donors (Lipinski definition) is 2. The molecule has 2 heterocycles. The molecule has 2 unspecified atom stereocenters. The van der Waals surface area contributed by atoms with Crippen LogP contribution in [0.3, 0.4) is 0 Å². The largest absolute Gasteiger partial charge is 0.479 e. The Labute approximate surface area is 194 Å². The van der Waals surface area contributed by atoms with Crippen molar-refractivity contribution in [3.63, 3.8) is 0 Å². The lowest BCUT2D eigenvalue weighted by atomic mass is 10.1. The van der Waals surface area contributed by atoms with Crippen LogP contribution < -0.4 is 0 Å². The lowest BCUT2D eigenvalue weighted by Crippen LogP contribution is -2.70. The number of likely N-dealkylation sites (tertiary alicyclic amines) is 2. The van der Waals surface area contributed by atoms with E-state index in [9.17, 15) is 28.2 Å². The third-order valence-electron chi connectivity index (χ3n) is 6.82. The fraction of sp³-hybridized carbons (Fsp3) is 0.800. The van der Waals surface area contributed by atoms with Crippen molar-refractivity contribution < 1.29 is 28.2 Å². The van der Waals surface area contributed by atoms with Crippen molar-refractivity contribution in [2.45, 2.75) is 76.0 Å². The Bertz CT molecular complexity index is 812. The van der Waals surface area contributed by atoms with Crippen LogP contribution in [0.25, 0.3) is 0 Å². The van der Waals surface area contributed by atoms with Crippen molar-refractivity contribution >= 4 is 56.2 Å². The first-order valence-electron chi connectivity index (χ1n) is 10.7. The summed E-state index contributed by atoms with van der Waals surface area (Å²) in [6, 6.07) is 0. The monoisotopic (exact) mass is 492 g/mol. The van der Waals surface area contributed by atoms with E-state index in [2.05, 4.69) is 0 Å². The molecule has 176 valence electrons. The summed E-state index contributed by atoms with van der Waals surface area (Å²) in [5, 5.41) is 20.6. The van der Waals surface area contributed by atoms with Crippen LogP contribution in [0.5, 0.6) is 0 Å². The molecule has 0 spiro atoms. The molecule has 2 aliphatic rings. The van der Waals surface area contributed by atoms with Gasteiger partial charge >= 0.3 is 11.9 Å². The molecule has 0 saturated carbocycles. The third kappa shape index (κ3) is 3.66. The molecular weight excluding hydrogens is 460 g/mol. The fourth-order valence-corrected chi connectivity index (χ4v) is 8.30. The highest BCUT2D eigenvalue weighted by Crippen LogP contribution is 2.48. The molecule has 2 rings (SSSR count). The molecule has 0 amide bonds. The summed E-state index contributed by atoms with van der Waals surface area (Å²) in [6.45, 7) is 7.69. The van der Waals surface area contributed by atoms with Gasteiger partial charge in [0.25, 0.3) is 0 Å². The molecule has 11 heteroatoms. The summed E-state index contributed by atoms with van der Waals surface area (Å²) in [7, 11) is -4.85. The first-order chi connectivity index (χ1) is 14.4. The highest BCUT2D eigenvalue weighted by Gasteiger charge is 2.72. The van der Waals surface area contributed by atoms with Crippen LogP contribution in [-0.2, 0) is 19.4 Å². The Morgan fingerprint density at radius 3 is 1.45 bits per heavy atom. The van der Waals surface area contributed by atoms with Crippen LogP contribution in [0.15, 0.2) is 0 Å². The van der Waals surface area contributed by atoms with Crippen molar-refractivity contribution in [1.82, 2.24) is 9.80 Å². The second kappa shape index (κ2) is 9.27. The van der Waals surface area contributed by atoms with E-state index < -0.39 is 31.5 Å². The first-order valence-corrected chi connectivity index (χ1v) is 13.0. The van der Waals surface area contributed by atoms with Crippen LogP contribution in [0.1, 0.15) is 66.2 Å². The topological polar surface area (TPSA) is 115 Å². The summed E-state index contributed by atoms with van der Waals surface area (Å²) in [5.41, 5.74) is 0. The molecular formula is C20H32N2O6S3. The fourth-order valence-electron chi connectivity index (χ4n) is 4.56. The number of carbonyl (C=O) groups is 2. The van der Waals surface area contributed by atoms with E-state index in [0.29, 0.717) is 12.8 Å². The molecule has 0 aromatic rings. The third-order valence-corrected chi connectivity index (χ3v) is 11.0. The summed E-state index contributed by atoms with van der Waals surface area (Å²) in [4.78, 5) is 23.4. The Morgan fingerprint density at radius 1 is 0.871 bits per heavy atom. The Hall–Kier alpha value is -1.33. The highest BCUT2D eigenvalue weighted by molar-refractivity contribution is 7.95. The predicted molar refractivity (Wildman–Crippen MR) is 126 cm³/mol. The molecule has 2 saturated heterocycles.